The van der Waals surface area contributed by atoms with Crippen LogP contribution in [0, 0.1) is 11.8 Å². The molecule has 1 aromatic carbocycles. The fraction of sp³-hybridized carbons (Fsp3) is 0.483. The van der Waals surface area contributed by atoms with Crippen LogP contribution in [0.3, 0.4) is 0 Å². The van der Waals surface area contributed by atoms with Crippen LogP contribution < -0.4 is 10.6 Å². The third-order valence-corrected chi connectivity index (χ3v) is 9.31. The molecule has 11 nitrogen and oxygen atoms in total. The first-order valence-corrected chi connectivity index (χ1v) is 15.0. The largest absolute Gasteiger partial charge is 0.435 e. The van der Waals surface area contributed by atoms with Gasteiger partial charge in [0.15, 0.2) is 11.5 Å². The third-order valence-electron chi connectivity index (χ3n) is 9.00. The van der Waals surface area contributed by atoms with E-state index in [1.807, 2.05) is 9.80 Å². The topological polar surface area (TPSA) is 117 Å². The van der Waals surface area contributed by atoms with E-state index in [-0.39, 0.29) is 69.2 Å². The average molecular weight is 631 g/mol. The molecule has 15 heteroatoms. The summed E-state index contributed by atoms with van der Waals surface area (Å²) in [7, 11) is 1.46. The maximum atomic E-state index is 13.7. The normalized spacial score (nSPS) is 22.7. The summed E-state index contributed by atoms with van der Waals surface area (Å²) in [5, 5.41) is 9.56. The number of fused-ring (bicyclic) bond motifs is 1. The number of carbonyl (C=O) groups excluding carboxylic acids is 3. The van der Waals surface area contributed by atoms with Gasteiger partial charge in [-0.25, -0.2) is 9.78 Å². The van der Waals surface area contributed by atoms with Crippen LogP contribution in [-0.2, 0) is 13.2 Å². The summed E-state index contributed by atoms with van der Waals surface area (Å²) < 4.78 is 43.8. The Kier molecular flexibility index (Phi) is 6.87. The molecule has 4 heterocycles. The third kappa shape index (κ3) is 5.18. The second kappa shape index (κ2) is 10.5. The van der Waals surface area contributed by atoms with Crippen molar-refractivity contribution in [3.05, 3.63) is 52.7 Å². The number of aromatic nitrogens is 4. The number of likely N-dealkylation sites (tertiary alicyclic amines) is 2. The van der Waals surface area contributed by atoms with Gasteiger partial charge >= 0.3 is 12.2 Å². The molecule has 0 unspecified atom stereocenters. The molecule has 7 rings (SSSR count). The van der Waals surface area contributed by atoms with Crippen LogP contribution in [0.15, 0.2) is 30.6 Å². The number of hydrogen-bond acceptors (Lipinski definition) is 5. The summed E-state index contributed by atoms with van der Waals surface area (Å²) in [5.74, 6) is -0.663. The zero-order chi connectivity index (χ0) is 30.9. The number of halogens is 4. The van der Waals surface area contributed by atoms with Gasteiger partial charge in [0.2, 0.25) is 0 Å². The lowest BCUT2D eigenvalue weighted by atomic mass is 10.2. The van der Waals surface area contributed by atoms with E-state index in [2.05, 4.69) is 20.7 Å². The van der Waals surface area contributed by atoms with Gasteiger partial charge in [-0.1, -0.05) is 11.6 Å². The van der Waals surface area contributed by atoms with Crippen LogP contribution in [0.4, 0.5) is 23.7 Å². The van der Waals surface area contributed by atoms with Gasteiger partial charge in [0.25, 0.3) is 11.8 Å². The van der Waals surface area contributed by atoms with Crippen molar-refractivity contribution < 1.29 is 27.6 Å². The minimum Gasteiger partial charge on any atom is -0.349 e. The van der Waals surface area contributed by atoms with Gasteiger partial charge in [-0.15, -0.1) is 0 Å². The number of nitrogens with zero attached hydrogens (tertiary/aromatic N) is 6. The highest BCUT2D eigenvalue weighted by molar-refractivity contribution is 6.34. The minimum absolute atomic E-state index is 0.0209. The standard InChI is InChI=1S/C29H30ClF3N8O3/c1-38-22(20-14-41(16-5-6-16)37-24(20)29(31,32)33)11-34-25(38)27(43)35-15-4-7-17(21(30)10-15)26(42)36-23-18-12-40(13-19(18)23)28(44)39-8-2-3-9-39/h4,7,10-11,14,16,18-19,23H,2-3,5-6,8-9,12-13H2,1H3,(H,35,43)(H,36,42)/t18-,19+,23+. The van der Waals surface area contributed by atoms with E-state index < -0.39 is 17.8 Å². The second-order valence-electron chi connectivity index (χ2n) is 12.0. The summed E-state index contributed by atoms with van der Waals surface area (Å²) in [4.78, 5) is 46.5. The van der Waals surface area contributed by atoms with Crippen molar-refractivity contribution in [1.29, 1.82) is 0 Å². The lowest BCUT2D eigenvalue weighted by Gasteiger charge is -2.26. The van der Waals surface area contributed by atoms with Crippen molar-refractivity contribution in [3.63, 3.8) is 0 Å². The maximum absolute atomic E-state index is 13.7. The molecule has 4 amide bonds. The van der Waals surface area contributed by atoms with Gasteiger partial charge < -0.3 is 25.0 Å². The monoisotopic (exact) mass is 630 g/mol. The number of hydrogen-bond donors (Lipinski definition) is 2. The minimum atomic E-state index is -4.67. The predicted molar refractivity (Wildman–Crippen MR) is 153 cm³/mol. The van der Waals surface area contributed by atoms with Crippen LogP contribution >= 0.6 is 11.6 Å². The van der Waals surface area contributed by atoms with Gasteiger partial charge in [-0.3, -0.25) is 14.3 Å². The van der Waals surface area contributed by atoms with Crippen LogP contribution in [0.1, 0.15) is 58.4 Å². The summed E-state index contributed by atoms with van der Waals surface area (Å²) in [6, 6.07) is 4.46. The van der Waals surface area contributed by atoms with E-state index >= 15 is 0 Å². The molecule has 2 aliphatic carbocycles. The molecule has 0 radical (unpaired) electrons. The zero-order valence-electron chi connectivity index (χ0n) is 23.8. The summed E-state index contributed by atoms with van der Waals surface area (Å²) in [6.07, 6.45) is 1.51. The zero-order valence-corrected chi connectivity index (χ0v) is 24.5. The molecule has 0 bridgehead atoms. The quantitative estimate of drug-likeness (QED) is 0.418. The molecule has 232 valence electrons. The van der Waals surface area contributed by atoms with Crippen molar-refractivity contribution in [3.8, 4) is 11.3 Å². The number of anilines is 1. The van der Waals surface area contributed by atoms with E-state index in [0.717, 1.165) is 38.8 Å². The number of imidazole rings is 1. The highest BCUT2D eigenvalue weighted by atomic mass is 35.5. The molecule has 2 saturated heterocycles. The van der Waals surface area contributed by atoms with Crippen LogP contribution in [0.5, 0.6) is 0 Å². The molecule has 2 aliphatic heterocycles. The molecule has 4 aliphatic rings. The van der Waals surface area contributed by atoms with Crippen molar-refractivity contribution >= 4 is 35.1 Å². The first-order chi connectivity index (χ1) is 21.0. The molecule has 0 spiro atoms. The molecule has 4 fully saturated rings. The Labute approximate surface area is 255 Å². The molecular weight excluding hydrogens is 601 g/mol. The molecule has 2 N–H and O–H groups in total. The lowest BCUT2D eigenvalue weighted by molar-refractivity contribution is -0.141. The van der Waals surface area contributed by atoms with Crippen molar-refractivity contribution in [2.45, 2.75) is 43.9 Å². The fourth-order valence-corrected chi connectivity index (χ4v) is 6.65. The Morgan fingerprint density at radius 1 is 1.02 bits per heavy atom. The summed E-state index contributed by atoms with van der Waals surface area (Å²) >= 11 is 6.42. The highest BCUT2D eigenvalue weighted by Gasteiger charge is 2.58. The van der Waals surface area contributed by atoms with E-state index in [0.29, 0.717) is 13.1 Å². The molecular formula is C29H30ClF3N8O3. The summed E-state index contributed by atoms with van der Waals surface area (Å²) in [5.41, 5.74) is -0.539. The van der Waals surface area contributed by atoms with E-state index in [4.69, 9.17) is 11.6 Å². The number of piperidine rings is 1. The van der Waals surface area contributed by atoms with Gasteiger partial charge in [0, 0.05) is 63.0 Å². The molecule has 2 saturated carbocycles. The lowest BCUT2D eigenvalue weighted by Crippen LogP contribution is -2.43. The maximum Gasteiger partial charge on any atom is 0.435 e. The van der Waals surface area contributed by atoms with Crippen LogP contribution in [-0.4, -0.2) is 79.2 Å². The van der Waals surface area contributed by atoms with Crippen molar-refractivity contribution in [2.75, 3.05) is 31.5 Å². The molecule has 3 atom stereocenters. The van der Waals surface area contributed by atoms with Gasteiger partial charge in [-0.05, 0) is 43.9 Å². The fourth-order valence-electron chi connectivity index (χ4n) is 6.38. The molecule has 3 aromatic rings. The van der Waals surface area contributed by atoms with Gasteiger partial charge in [-0.2, -0.15) is 18.3 Å². The number of benzene rings is 1. The van der Waals surface area contributed by atoms with E-state index in [9.17, 15) is 27.6 Å². The smallest absolute Gasteiger partial charge is 0.349 e. The van der Waals surface area contributed by atoms with Gasteiger partial charge in [0.1, 0.15) is 0 Å². The number of carbonyl (C=O) groups is 3. The molecule has 2 aromatic heterocycles. The predicted octanol–water partition coefficient (Wildman–Crippen LogP) is 4.42. The Bertz CT molecular complexity index is 1650. The Balaban J connectivity index is 0.984. The second-order valence-corrected chi connectivity index (χ2v) is 12.4. The SMILES string of the molecule is Cn1c(-c2cn(C3CC3)nc2C(F)(F)F)cnc1C(=O)Nc1ccc(C(=O)N[C@H]2[C@@H]3CN(C(=O)N4CCCC4)C[C@@H]32)c(Cl)c1. The number of nitrogens with one attached hydrogen (secondary N) is 2. The van der Waals surface area contributed by atoms with E-state index in [1.54, 1.807) is 0 Å². The number of rotatable bonds is 6. The first kappa shape index (κ1) is 28.7. The highest BCUT2D eigenvalue weighted by Crippen LogP contribution is 2.46. The first-order valence-electron chi connectivity index (χ1n) is 14.6. The van der Waals surface area contributed by atoms with Crippen LogP contribution in [0.25, 0.3) is 11.3 Å². The Hall–Kier alpha value is -4.07. The number of amides is 4. The van der Waals surface area contributed by atoms with Crippen molar-refractivity contribution in [2.24, 2.45) is 18.9 Å². The Morgan fingerprint density at radius 2 is 1.73 bits per heavy atom. The number of urea groups is 1. The Morgan fingerprint density at radius 3 is 2.36 bits per heavy atom. The molecule has 44 heavy (non-hydrogen) atoms. The van der Waals surface area contributed by atoms with Gasteiger partial charge in [0.05, 0.1) is 34.1 Å². The van der Waals surface area contributed by atoms with Crippen LogP contribution in [0.2, 0.25) is 5.02 Å². The van der Waals surface area contributed by atoms with Crippen molar-refractivity contribution in [1.82, 2.24) is 34.4 Å². The average Bonchev–Trinajstić information content (AvgIpc) is 3.54. The van der Waals surface area contributed by atoms with E-state index in [1.165, 1.54) is 46.9 Å². The summed E-state index contributed by atoms with van der Waals surface area (Å²) in [6.45, 7) is 2.86. The number of alkyl halides is 3.